The molecule has 1 aliphatic heterocycles. The number of carbonyl (C=O) groups is 2. The molecule has 1 amide bonds. The van der Waals surface area contributed by atoms with Crippen molar-refractivity contribution in [2.45, 2.75) is 13.0 Å². The maximum atomic E-state index is 13.9. The number of amides is 1. The van der Waals surface area contributed by atoms with Gasteiger partial charge in [-0.3, -0.25) is 9.59 Å². The van der Waals surface area contributed by atoms with Crippen molar-refractivity contribution < 1.29 is 27.8 Å². The van der Waals surface area contributed by atoms with Gasteiger partial charge in [0.1, 0.15) is 11.6 Å². The molecule has 0 radical (unpaired) electrons. The van der Waals surface area contributed by atoms with Crippen molar-refractivity contribution in [1.29, 1.82) is 0 Å². The van der Waals surface area contributed by atoms with Crippen molar-refractivity contribution in [1.82, 2.24) is 4.90 Å². The topological polar surface area (TPSA) is 55.8 Å². The molecule has 0 N–H and O–H groups in total. The molecule has 0 bridgehead atoms. The van der Waals surface area contributed by atoms with Crippen LogP contribution in [0.25, 0.3) is 0 Å². The summed E-state index contributed by atoms with van der Waals surface area (Å²) in [5.41, 5.74) is -0.552. The Morgan fingerprint density at radius 1 is 1.24 bits per heavy atom. The number of nitrogens with zero attached hydrogens (tertiary/aromatic N) is 1. The number of carbonyl (C=O) groups excluding carboxylic acids is 2. The van der Waals surface area contributed by atoms with Crippen LogP contribution in [0.5, 0.6) is 0 Å². The van der Waals surface area contributed by atoms with Gasteiger partial charge in [0.05, 0.1) is 18.8 Å². The summed E-state index contributed by atoms with van der Waals surface area (Å²) in [5, 5.41) is 0. The lowest BCUT2D eigenvalue weighted by Gasteiger charge is -2.30. The minimum Gasteiger partial charge on any atom is -0.447 e. The molecule has 7 heteroatoms. The highest BCUT2D eigenvalue weighted by Gasteiger charge is 2.33. The van der Waals surface area contributed by atoms with Crippen LogP contribution in [-0.4, -0.2) is 43.1 Å². The normalized spacial score (nSPS) is 16.4. The molecule has 1 aromatic rings. The Hall–Kier alpha value is -2.02. The Kier molecular flexibility index (Phi) is 4.85. The zero-order valence-electron chi connectivity index (χ0n) is 11.5. The number of halogens is 2. The van der Waals surface area contributed by atoms with E-state index in [1.54, 1.807) is 0 Å². The Bertz CT molecular complexity index is 524. The average molecular weight is 299 g/mol. The third-order valence-electron chi connectivity index (χ3n) is 3.09. The monoisotopic (exact) mass is 299 g/mol. The van der Waals surface area contributed by atoms with E-state index in [0.29, 0.717) is 13.2 Å². The highest BCUT2D eigenvalue weighted by molar-refractivity contribution is 5.85. The first-order valence-electron chi connectivity index (χ1n) is 6.48. The largest absolute Gasteiger partial charge is 0.447 e. The summed E-state index contributed by atoms with van der Waals surface area (Å²) in [5.74, 6) is -3.30. The summed E-state index contributed by atoms with van der Waals surface area (Å²) in [6.07, 6.45) is -1.62. The van der Waals surface area contributed by atoms with E-state index in [2.05, 4.69) is 0 Å². The van der Waals surface area contributed by atoms with Crippen LogP contribution in [0, 0.1) is 11.6 Å². The molecule has 21 heavy (non-hydrogen) atoms. The predicted octanol–water partition coefficient (Wildman–Crippen LogP) is 1.43. The third-order valence-corrected chi connectivity index (χ3v) is 3.09. The molecule has 1 aromatic carbocycles. The van der Waals surface area contributed by atoms with Crippen molar-refractivity contribution >= 4 is 11.9 Å². The van der Waals surface area contributed by atoms with Crippen LogP contribution in [0.3, 0.4) is 0 Å². The van der Waals surface area contributed by atoms with Crippen LogP contribution >= 0.6 is 0 Å². The predicted molar refractivity (Wildman–Crippen MR) is 68.3 cm³/mol. The molecule has 1 fully saturated rings. The highest BCUT2D eigenvalue weighted by Crippen LogP contribution is 2.26. The van der Waals surface area contributed by atoms with Gasteiger partial charge in [-0.1, -0.05) is 6.07 Å². The van der Waals surface area contributed by atoms with Crippen molar-refractivity contribution in [2.24, 2.45) is 0 Å². The van der Waals surface area contributed by atoms with Crippen molar-refractivity contribution in [3.8, 4) is 0 Å². The maximum absolute atomic E-state index is 13.9. The van der Waals surface area contributed by atoms with Crippen LogP contribution in [0.2, 0.25) is 0 Å². The molecule has 1 aliphatic rings. The summed E-state index contributed by atoms with van der Waals surface area (Å²) in [4.78, 5) is 24.9. The van der Waals surface area contributed by atoms with E-state index in [1.807, 2.05) is 0 Å². The SMILES string of the molecule is CC(=O)O[C@H](C(=O)N1CCOCC1)c1c(F)cccc1F. The van der Waals surface area contributed by atoms with E-state index < -0.39 is 35.2 Å². The van der Waals surface area contributed by atoms with Crippen molar-refractivity contribution in [3.63, 3.8) is 0 Å². The summed E-state index contributed by atoms with van der Waals surface area (Å²) in [6, 6.07) is 3.21. The molecule has 5 nitrogen and oxygen atoms in total. The van der Waals surface area contributed by atoms with E-state index in [9.17, 15) is 18.4 Å². The molecule has 1 heterocycles. The maximum Gasteiger partial charge on any atom is 0.303 e. The van der Waals surface area contributed by atoms with E-state index in [4.69, 9.17) is 9.47 Å². The van der Waals surface area contributed by atoms with Crippen LogP contribution in [-0.2, 0) is 19.1 Å². The number of hydrogen-bond donors (Lipinski definition) is 0. The van der Waals surface area contributed by atoms with Gasteiger partial charge in [-0.25, -0.2) is 8.78 Å². The molecule has 1 saturated heterocycles. The summed E-state index contributed by atoms with van der Waals surface area (Å²) >= 11 is 0. The number of hydrogen-bond acceptors (Lipinski definition) is 4. The number of esters is 1. The van der Waals surface area contributed by atoms with Gasteiger partial charge in [0.2, 0.25) is 6.10 Å². The van der Waals surface area contributed by atoms with Crippen LogP contribution < -0.4 is 0 Å². The molecule has 0 aromatic heterocycles. The second-order valence-electron chi connectivity index (χ2n) is 4.56. The van der Waals surface area contributed by atoms with Gasteiger partial charge in [0, 0.05) is 20.0 Å². The molecule has 0 unspecified atom stereocenters. The van der Waals surface area contributed by atoms with E-state index >= 15 is 0 Å². The van der Waals surface area contributed by atoms with Crippen molar-refractivity contribution in [2.75, 3.05) is 26.3 Å². The molecular weight excluding hydrogens is 284 g/mol. The highest BCUT2D eigenvalue weighted by atomic mass is 19.1. The van der Waals surface area contributed by atoms with Gasteiger partial charge in [0.15, 0.2) is 0 Å². The minimum absolute atomic E-state index is 0.284. The Morgan fingerprint density at radius 2 is 1.81 bits per heavy atom. The molecule has 2 rings (SSSR count). The lowest BCUT2D eigenvalue weighted by molar-refractivity contribution is -0.161. The number of morpholine rings is 1. The third kappa shape index (κ3) is 3.55. The molecule has 1 atom stereocenters. The standard InChI is InChI=1S/C14H15F2NO4/c1-9(18)21-13(12-10(15)3-2-4-11(12)16)14(19)17-5-7-20-8-6-17/h2-4,13H,5-8H2,1H3/t13-/m0/s1. The summed E-state index contributed by atoms with van der Waals surface area (Å²) < 4.78 is 37.7. The van der Waals surface area contributed by atoms with E-state index in [0.717, 1.165) is 19.1 Å². The first-order valence-corrected chi connectivity index (χ1v) is 6.48. The van der Waals surface area contributed by atoms with Gasteiger partial charge >= 0.3 is 5.97 Å². The van der Waals surface area contributed by atoms with Gasteiger partial charge in [-0.15, -0.1) is 0 Å². The van der Waals surface area contributed by atoms with Gasteiger partial charge in [0.25, 0.3) is 5.91 Å². The van der Waals surface area contributed by atoms with Gasteiger partial charge in [-0.2, -0.15) is 0 Å². The Labute approximate surface area is 120 Å². The zero-order chi connectivity index (χ0) is 15.4. The number of rotatable bonds is 3. The molecule has 0 aliphatic carbocycles. The van der Waals surface area contributed by atoms with Crippen molar-refractivity contribution in [3.05, 3.63) is 35.4 Å². The number of ether oxygens (including phenoxy) is 2. The fraction of sp³-hybridized carbons (Fsp3) is 0.429. The quantitative estimate of drug-likeness (QED) is 0.792. The lowest BCUT2D eigenvalue weighted by Crippen LogP contribution is -2.44. The minimum atomic E-state index is -1.62. The van der Waals surface area contributed by atoms with Gasteiger partial charge in [-0.05, 0) is 12.1 Å². The van der Waals surface area contributed by atoms with Crippen LogP contribution in [0.1, 0.15) is 18.6 Å². The van der Waals surface area contributed by atoms with Crippen LogP contribution in [0.4, 0.5) is 8.78 Å². The molecular formula is C14H15F2NO4. The fourth-order valence-electron chi connectivity index (χ4n) is 2.11. The second kappa shape index (κ2) is 6.62. The molecule has 114 valence electrons. The first-order chi connectivity index (χ1) is 10.0. The summed E-state index contributed by atoms with van der Waals surface area (Å²) in [6.45, 7) is 2.31. The average Bonchev–Trinajstić information content (AvgIpc) is 2.46. The fourth-order valence-corrected chi connectivity index (χ4v) is 2.11. The first kappa shape index (κ1) is 15.4. The van der Waals surface area contributed by atoms with Crippen LogP contribution in [0.15, 0.2) is 18.2 Å². The molecule has 0 saturated carbocycles. The smallest absolute Gasteiger partial charge is 0.303 e. The second-order valence-corrected chi connectivity index (χ2v) is 4.56. The Balaban J connectivity index is 2.33. The van der Waals surface area contributed by atoms with E-state index in [-0.39, 0.29) is 13.1 Å². The van der Waals surface area contributed by atoms with Gasteiger partial charge < -0.3 is 14.4 Å². The van der Waals surface area contributed by atoms with E-state index in [1.165, 1.54) is 11.0 Å². The number of benzene rings is 1. The zero-order valence-corrected chi connectivity index (χ0v) is 11.5. The Morgan fingerprint density at radius 3 is 2.33 bits per heavy atom. The summed E-state index contributed by atoms with van der Waals surface area (Å²) in [7, 11) is 0. The lowest BCUT2D eigenvalue weighted by atomic mass is 10.1. The molecule has 0 spiro atoms.